The third kappa shape index (κ3) is 4.30. The molecule has 0 aliphatic heterocycles. The maximum absolute atomic E-state index is 13.2. The first-order valence-electron chi connectivity index (χ1n) is 9.87. The topological polar surface area (TPSA) is 66.1 Å². The Hall–Kier alpha value is -3.73. The van der Waals surface area contributed by atoms with Gasteiger partial charge in [-0.2, -0.15) is 0 Å². The molecule has 2 aromatic carbocycles. The van der Waals surface area contributed by atoms with Gasteiger partial charge < -0.3 is 9.88 Å². The van der Waals surface area contributed by atoms with Crippen LogP contribution >= 0.6 is 0 Å². The second-order valence-electron chi connectivity index (χ2n) is 7.60. The van der Waals surface area contributed by atoms with Crippen molar-refractivity contribution in [2.45, 2.75) is 26.9 Å². The molecule has 1 amide bonds. The minimum atomic E-state index is -0.178. The van der Waals surface area contributed by atoms with Crippen molar-refractivity contribution in [2.24, 2.45) is 0 Å². The third-order valence-corrected chi connectivity index (χ3v) is 5.15. The molecular formula is C25H23N3O2. The Labute approximate surface area is 175 Å². The van der Waals surface area contributed by atoms with E-state index in [-0.39, 0.29) is 18.0 Å². The molecule has 0 atom stereocenters. The number of nitrogens with zero attached hydrogens (tertiary/aromatic N) is 2. The van der Waals surface area contributed by atoms with E-state index in [1.54, 1.807) is 29.4 Å². The van der Waals surface area contributed by atoms with E-state index in [0.29, 0.717) is 17.7 Å². The smallest absolute Gasteiger partial charge is 0.254 e. The lowest BCUT2D eigenvalue weighted by Crippen LogP contribution is -2.32. The average molecular weight is 397 g/mol. The molecule has 0 spiro atoms. The van der Waals surface area contributed by atoms with Gasteiger partial charge in [0.2, 0.25) is 0 Å². The van der Waals surface area contributed by atoms with Crippen LogP contribution in [0.3, 0.4) is 0 Å². The van der Waals surface area contributed by atoms with Crippen LogP contribution in [0.5, 0.6) is 0 Å². The van der Waals surface area contributed by atoms with Crippen molar-refractivity contribution in [1.29, 1.82) is 0 Å². The second kappa shape index (κ2) is 8.33. The number of pyridine rings is 2. The number of nitrogens with one attached hydrogen (secondary N) is 1. The van der Waals surface area contributed by atoms with Crippen molar-refractivity contribution in [3.05, 3.63) is 111 Å². The number of fused-ring (bicyclic) bond motifs is 1. The first-order chi connectivity index (χ1) is 14.5. The summed E-state index contributed by atoms with van der Waals surface area (Å²) in [6.45, 7) is 4.67. The van der Waals surface area contributed by atoms with Crippen molar-refractivity contribution < 1.29 is 4.79 Å². The van der Waals surface area contributed by atoms with Gasteiger partial charge in [-0.25, -0.2) is 0 Å². The van der Waals surface area contributed by atoms with Crippen molar-refractivity contribution in [2.75, 3.05) is 0 Å². The van der Waals surface area contributed by atoms with E-state index in [1.807, 2.05) is 62.4 Å². The molecule has 0 aliphatic carbocycles. The number of carbonyl (C=O) groups excluding carboxylic acids is 1. The van der Waals surface area contributed by atoms with Gasteiger partial charge in [0.1, 0.15) is 0 Å². The number of benzene rings is 2. The maximum Gasteiger partial charge on any atom is 0.254 e. The minimum Gasteiger partial charge on any atom is -0.330 e. The lowest BCUT2D eigenvalue weighted by molar-refractivity contribution is 0.0729. The van der Waals surface area contributed by atoms with E-state index < -0.39 is 0 Å². The highest BCUT2D eigenvalue weighted by atomic mass is 16.2. The Morgan fingerprint density at radius 1 is 0.900 bits per heavy atom. The van der Waals surface area contributed by atoms with Crippen LogP contribution < -0.4 is 5.56 Å². The van der Waals surface area contributed by atoms with Crippen LogP contribution in [0.15, 0.2) is 77.9 Å². The van der Waals surface area contributed by atoms with Gasteiger partial charge in [-0.1, -0.05) is 41.5 Å². The van der Waals surface area contributed by atoms with Crippen LogP contribution in [0.4, 0.5) is 0 Å². The summed E-state index contributed by atoms with van der Waals surface area (Å²) in [7, 11) is 0. The van der Waals surface area contributed by atoms with Gasteiger partial charge in [0, 0.05) is 35.6 Å². The zero-order valence-electron chi connectivity index (χ0n) is 17.1. The Kier molecular flexibility index (Phi) is 5.44. The Morgan fingerprint density at radius 2 is 1.60 bits per heavy atom. The largest absolute Gasteiger partial charge is 0.330 e. The van der Waals surface area contributed by atoms with Crippen molar-refractivity contribution in [1.82, 2.24) is 14.9 Å². The van der Waals surface area contributed by atoms with Crippen molar-refractivity contribution in [3.8, 4) is 0 Å². The van der Waals surface area contributed by atoms with Gasteiger partial charge >= 0.3 is 0 Å². The van der Waals surface area contributed by atoms with Gasteiger partial charge in [-0.05, 0) is 55.1 Å². The molecule has 4 aromatic rings. The predicted molar refractivity (Wildman–Crippen MR) is 118 cm³/mol. The van der Waals surface area contributed by atoms with E-state index in [0.717, 1.165) is 27.6 Å². The van der Waals surface area contributed by atoms with Crippen LogP contribution in [0.1, 0.15) is 32.6 Å². The molecule has 4 rings (SSSR count). The molecule has 5 heteroatoms. The van der Waals surface area contributed by atoms with Crippen LogP contribution in [0.2, 0.25) is 0 Å². The number of aryl methyl sites for hydroxylation is 2. The Balaban J connectivity index is 1.71. The normalized spacial score (nSPS) is 10.9. The molecular weight excluding hydrogens is 374 g/mol. The Morgan fingerprint density at radius 3 is 2.33 bits per heavy atom. The fourth-order valence-electron chi connectivity index (χ4n) is 3.48. The van der Waals surface area contributed by atoms with E-state index in [1.165, 1.54) is 0 Å². The molecule has 0 unspecified atom stereocenters. The highest BCUT2D eigenvalue weighted by molar-refractivity contribution is 5.94. The molecule has 2 aromatic heterocycles. The quantitative estimate of drug-likeness (QED) is 0.543. The van der Waals surface area contributed by atoms with Crippen LogP contribution in [-0.2, 0) is 13.1 Å². The molecule has 0 radical (unpaired) electrons. The fraction of sp³-hybridized carbons (Fsp3) is 0.160. The molecule has 5 nitrogen and oxygen atoms in total. The number of aromatic nitrogens is 2. The van der Waals surface area contributed by atoms with Crippen molar-refractivity contribution >= 4 is 16.8 Å². The molecule has 1 N–H and O–H groups in total. The van der Waals surface area contributed by atoms with Crippen molar-refractivity contribution in [3.63, 3.8) is 0 Å². The SMILES string of the molecule is Cc1ccc(CN(Cc2cc3cc(C)ccc3[nH]c2=O)C(=O)c2ccncc2)cc1. The van der Waals surface area contributed by atoms with Crippen LogP contribution in [-0.4, -0.2) is 20.8 Å². The highest BCUT2D eigenvalue weighted by Crippen LogP contribution is 2.17. The number of carbonyl (C=O) groups is 1. The monoisotopic (exact) mass is 397 g/mol. The molecule has 0 bridgehead atoms. The second-order valence-corrected chi connectivity index (χ2v) is 7.60. The van der Waals surface area contributed by atoms with Gasteiger partial charge in [-0.15, -0.1) is 0 Å². The molecule has 30 heavy (non-hydrogen) atoms. The summed E-state index contributed by atoms with van der Waals surface area (Å²) in [5.41, 5.74) is 5.00. The van der Waals surface area contributed by atoms with Gasteiger partial charge in [-0.3, -0.25) is 14.6 Å². The van der Waals surface area contributed by atoms with Gasteiger partial charge in [0.25, 0.3) is 11.5 Å². The summed E-state index contributed by atoms with van der Waals surface area (Å²) < 4.78 is 0. The molecule has 0 saturated heterocycles. The number of H-pyrrole nitrogens is 1. The van der Waals surface area contributed by atoms with Gasteiger partial charge in [0.05, 0.1) is 6.54 Å². The zero-order valence-corrected chi connectivity index (χ0v) is 17.1. The molecule has 0 aliphatic rings. The average Bonchev–Trinajstić information content (AvgIpc) is 2.75. The van der Waals surface area contributed by atoms with Crippen LogP contribution in [0.25, 0.3) is 10.9 Å². The number of hydrogen-bond acceptors (Lipinski definition) is 3. The van der Waals surface area contributed by atoms with E-state index in [2.05, 4.69) is 9.97 Å². The number of aromatic amines is 1. The first-order valence-corrected chi connectivity index (χ1v) is 9.87. The summed E-state index contributed by atoms with van der Waals surface area (Å²) in [6, 6.07) is 19.2. The maximum atomic E-state index is 13.2. The summed E-state index contributed by atoms with van der Waals surface area (Å²) in [5, 5.41) is 0.955. The zero-order chi connectivity index (χ0) is 21.1. The van der Waals surface area contributed by atoms with E-state index >= 15 is 0 Å². The number of hydrogen-bond donors (Lipinski definition) is 1. The summed E-state index contributed by atoms with van der Waals surface area (Å²) in [5.74, 6) is -0.137. The third-order valence-electron chi connectivity index (χ3n) is 5.15. The highest BCUT2D eigenvalue weighted by Gasteiger charge is 2.18. The lowest BCUT2D eigenvalue weighted by Gasteiger charge is -2.23. The standard InChI is InChI=1S/C25H23N3O2/c1-17-3-6-19(7-4-17)15-28(25(30)20-9-11-26-12-10-20)16-22-14-21-13-18(2)5-8-23(21)27-24(22)29/h3-14H,15-16H2,1-2H3,(H,27,29). The molecule has 150 valence electrons. The first kappa shape index (κ1) is 19.6. The summed E-state index contributed by atoms with van der Waals surface area (Å²) >= 11 is 0. The van der Waals surface area contributed by atoms with Gasteiger partial charge in [0.15, 0.2) is 0 Å². The molecule has 2 heterocycles. The number of amides is 1. The Bertz CT molecular complexity index is 1250. The summed E-state index contributed by atoms with van der Waals surface area (Å²) in [4.78, 5) is 34.6. The van der Waals surface area contributed by atoms with E-state index in [4.69, 9.17) is 0 Å². The number of rotatable bonds is 5. The van der Waals surface area contributed by atoms with Crippen LogP contribution in [0, 0.1) is 13.8 Å². The lowest BCUT2D eigenvalue weighted by atomic mass is 10.1. The predicted octanol–water partition coefficient (Wildman–Crippen LogP) is 4.38. The molecule has 0 fully saturated rings. The summed E-state index contributed by atoms with van der Waals surface area (Å²) in [6.07, 6.45) is 3.20. The molecule has 0 saturated carbocycles. The fourth-order valence-corrected chi connectivity index (χ4v) is 3.48. The minimum absolute atomic E-state index is 0.137. The van der Waals surface area contributed by atoms with E-state index in [9.17, 15) is 9.59 Å².